The first-order valence-electron chi connectivity index (χ1n) is 5.46. The Morgan fingerprint density at radius 3 is 2.63 bits per heavy atom. The van der Waals surface area contributed by atoms with Gasteiger partial charge in [-0.05, 0) is 17.7 Å². The highest BCUT2D eigenvalue weighted by Crippen LogP contribution is 2.34. The van der Waals surface area contributed by atoms with E-state index in [1.807, 2.05) is 24.6 Å². The molecule has 0 aromatic carbocycles. The molecule has 2 aliphatic heterocycles. The zero-order valence-corrected chi connectivity index (χ0v) is 11.6. The number of carbonyl (C=O) groups is 1. The summed E-state index contributed by atoms with van der Waals surface area (Å²) < 4.78 is 5.36. The molecule has 3 heterocycles. The first-order valence-corrected chi connectivity index (χ1v) is 6.68. The van der Waals surface area contributed by atoms with Gasteiger partial charge in [0, 0.05) is 25.5 Å². The first kappa shape index (κ1) is 12.2. The van der Waals surface area contributed by atoms with Crippen LogP contribution in [0.4, 0.5) is 5.82 Å². The van der Waals surface area contributed by atoms with Crippen LogP contribution in [-0.4, -0.2) is 27.3 Å². The molecule has 96 valence electrons. The van der Waals surface area contributed by atoms with Gasteiger partial charge in [0.2, 0.25) is 0 Å². The molecule has 0 radical (unpaired) electrons. The lowest BCUT2D eigenvalue weighted by atomic mass is 10.2. The fraction of sp³-hybridized carbons (Fsp3) is 0.0833. The summed E-state index contributed by atoms with van der Waals surface area (Å²) in [7, 11) is 1.68. The van der Waals surface area contributed by atoms with Gasteiger partial charge in [-0.2, -0.15) is 0 Å². The van der Waals surface area contributed by atoms with Crippen LogP contribution >= 0.6 is 24.0 Å². The second-order valence-electron chi connectivity index (χ2n) is 3.91. The smallest absolute Gasteiger partial charge is 0.266 e. The number of amides is 1. The number of aromatic nitrogens is 1. The van der Waals surface area contributed by atoms with Gasteiger partial charge in [0.25, 0.3) is 5.91 Å². The number of thiocarbonyl (C=S) groups is 1. The molecular formula is C12H9N3O2S2. The zero-order chi connectivity index (χ0) is 13.4. The van der Waals surface area contributed by atoms with Crippen molar-refractivity contribution in [2.75, 3.05) is 11.9 Å². The summed E-state index contributed by atoms with van der Waals surface area (Å²) in [6.45, 7) is 0. The Morgan fingerprint density at radius 2 is 2.11 bits per heavy atom. The number of hydrogen-bond donors (Lipinski definition) is 0. The molecule has 0 saturated carbocycles. The highest BCUT2D eigenvalue weighted by atomic mass is 32.2. The minimum Gasteiger partial charge on any atom is -0.363 e. The van der Waals surface area contributed by atoms with E-state index in [1.54, 1.807) is 18.0 Å². The molecule has 1 amide bonds. The molecule has 0 spiro atoms. The number of likely N-dealkylation sites (N-methyl/N-ethyl adjacent to an activating group) is 1. The molecule has 1 aromatic heterocycles. The minimum atomic E-state index is -0.0609. The summed E-state index contributed by atoms with van der Waals surface area (Å²) >= 11 is 6.43. The van der Waals surface area contributed by atoms with Gasteiger partial charge in [-0.3, -0.25) is 9.69 Å². The number of allylic oxidation sites excluding steroid dienone is 3. The van der Waals surface area contributed by atoms with Gasteiger partial charge in [-0.25, -0.2) is 0 Å². The van der Waals surface area contributed by atoms with Gasteiger partial charge in [0.15, 0.2) is 5.82 Å². The van der Waals surface area contributed by atoms with Crippen molar-refractivity contribution in [1.29, 1.82) is 0 Å². The maximum Gasteiger partial charge on any atom is 0.266 e. The van der Waals surface area contributed by atoms with Gasteiger partial charge in [-0.1, -0.05) is 29.1 Å². The third-order valence-electron chi connectivity index (χ3n) is 2.74. The van der Waals surface area contributed by atoms with Crippen LogP contribution in [0.3, 0.4) is 0 Å². The summed E-state index contributed by atoms with van der Waals surface area (Å²) in [5, 5.41) is 3.83. The second kappa shape index (κ2) is 4.67. The van der Waals surface area contributed by atoms with E-state index in [9.17, 15) is 4.79 Å². The van der Waals surface area contributed by atoms with E-state index in [-0.39, 0.29) is 5.91 Å². The largest absolute Gasteiger partial charge is 0.363 e. The summed E-state index contributed by atoms with van der Waals surface area (Å²) in [4.78, 5) is 15.9. The third-order valence-corrected chi connectivity index (χ3v) is 4.33. The van der Waals surface area contributed by atoms with E-state index in [1.165, 1.54) is 22.9 Å². The van der Waals surface area contributed by atoms with Crippen LogP contribution in [-0.2, 0) is 4.79 Å². The van der Waals surface area contributed by atoms with E-state index in [0.717, 1.165) is 5.57 Å². The number of rotatable bonds is 1. The van der Waals surface area contributed by atoms with E-state index in [0.29, 0.717) is 15.0 Å². The van der Waals surface area contributed by atoms with Crippen LogP contribution in [0.1, 0.15) is 0 Å². The quantitative estimate of drug-likeness (QED) is 0.584. The molecule has 2 aliphatic rings. The van der Waals surface area contributed by atoms with Crippen molar-refractivity contribution in [3.63, 3.8) is 0 Å². The number of nitrogens with zero attached hydrogens (tertiary/aromatic N) is 3. The number of carbonyl (C=O) groups excluding carboxylic acids is 1. The molecule has 5 nitrogen and oxygen atoms in total. The standard InChI is InChI=1S/C12H9N3O2S2/c1-14-11(16)10(19-12(14)18)8-2-5-15(6-3-8)9-4-7-17-13-9/h2-7H,1H3. The Bertz CT molecular complexity index is 615. The van der Waals surface area contributed by atoms with Gasteiger partial charge < -0.3 is 9.42 Å². The van der Waals surface area contributed by atoms with Gasteiger partial charge in [-0.15, -0.1) is 0 Å². The molecule has 7 heteroatoms. The lowest BCUT2D eigenvalue weighted by Crippen LogP contribution is -2.22. The van der Waals surface area contributed by atoms with Crippen LogP contribution in [0.25, 0.3) is 0 Å². The van der Waals surface area contributed by atoms with E-state index >= 15 is 0 Å². The molecule has 19 heavy (non-hydrogen) atoms. The highest BCUT2D eigenvalue weighted by Gasteiger charge is 2.30. The molecule has 3 rings (SSSR count). The normalized spacial score (nSPS) is 19.0. The van der Waals surface area contributed by atoms with Crippen molar-refractivity contribution < 1.29 is 9.32 Å². The van der Waals surface area contributed by atoms with E-state index in [4.69, 9.17) is 16.7 Å². The molecule has 1 aromatic rings. The van der Waals surface area contributed by atoms with Crippen molar-refractivity contribution in [2.24, 2.45) is 0 Å². The molecule has 1 saturated heterocycles. The van der Waals surface area contributed by atoms with E-state index in [2.05, 4.69) is 5.16 Å². The van der Waals surface area contributed by atoms with Crippen molar-refractivity contribution in [1.82, 2.24) is 10.1 Å². The average Bonchev–Trinajstić information content (AvgIpc) is 3.04. The minimum absolute atomic E-state index is 0.0609. The fourth-order valence-electron chi connectivity index (χ4n) is 1.69. The van der Waals surface area contributed by atoms with Crippen LogP contribution in [0.2, 0.25) is 0 Å². The SMILES string of the molecule is CN1C(=O)C(=C2C=CN(c3ccon3)C=C2)SC1=S. The van der Waals surface area contributed by atoms with Crippen molar-refractivity contribution >= 4 is 40.0 Å². The Hall–Kier alpha value is -1.86. The maximum absolute atomic E-state index is 12.0. The molecular weight excluding hydrogens is 282 g/mol. The monoisotopic (exact) mass is 291 g/mol. The van der Waals surface area contributed by atoms with Crippen LogP contribution in [0.5, 0.6) is 0 Å². The third kappa shape index (κ3) is 2.11. The topological polar surface area (TPSA) is 49.6 Å². The predicted molar refractivity (Wildman–Crippen MR) is 77.2 cm³/mol. The van der Waals surface area contributed by atoms with Crippen LogP contribution in [0.15, 0.2) is 51.9 Å². The number of thioether (sulfide) groups is 1. The van der Waals surface area contributed by atoms with Crippen molar-refractivity contribution in [3.8, 4) is 0 Å². The highest BCUT2D eigenvalue weighted by molar-refractivity contribution is 8.26. The Labute approximate surface area is 119 Å². The summed E-state index contributed by atoms with van der Waals surface area (Å²) in [5.74, 6) is 0.628. The number of anilines is 1. The molecule has 0 N–H and O–H groups in total. The van der Waals surface area contributed by atoms with Gasteiger partial charge in [0.05, 0.1) is 4.91 Å². The number of hydrogen-bond acceptors (Lipinski definition) is 6. The van der Waals surface area contributed by atoms with Crippen LogP contribution < -0.4 is 4.90 Å². The van der Waals surface area contributed by atoms with Gasteiger partial charge >= 0.3 is 0 Å². The average molecular weight is 291 g/mol. The van der Waals surface area contributed by atoms with E-state index < -0.39 is 0 Å². The summed E-state index contributed by atoms with van der Waals surface area (Å²) in [5.41, 5.74) is 0.849. The van der Waals surface area contributed by atoms with Crippen LogP contribution in [0, 0.1) is 0 Å². The lowest BCUT2D eigenvalue weighted by molar-refractivity contribution is -0.121. The Kier molecular flexibility index (Phi) is 3.00. The zero-order valence-electron chi connectivity index (χ0n) is 9.94. The second-order valence-corrected chi connectivity index (χ2v) is 5.56. The summed E-state index contributed by atoms with van der Waals surface area (Å²) in [6.07, 6.45) is 8.88. The first-order chi connectivity index (χ1) is 9.16. The molecule has 0 unspecified atom stereocenters. The molecule has 1 fully saturated rings. The predicted octanol–water partition coefficient (Wildman–Crippen LogP) is 2.27. The Morgan fingerprint density at radius 1 is 1.37 bits per heavy atom. The Balaban J connectivity index is 1.88. The molecule has 0 bridgehead atoms. The van der Waals surface area contributed by atoms with Crippen molar-refractivity contribution in [2.45, 2.75) is 0 Å². The van der Waals surface area contributed by atoms with Gasteiger partial charge in [0.1, 0.15) is 10.6 Å². The maximum atomic E-state index is 12.0. The fourth-order valence-corrected chi connectivity index (χ4v) is 2.89. The summed E-state index contributed by atoms with van der Waals surface area (Å²) in [6, 6.07) is 1.76. The van der Waals surface area contributed by atoms with Crippen molar-refractivity contribution in [3.05, 3.63) is 47.4 Å². The molecule has 0 aliphatic carbocycles. The lowest BCUT2D eigenvalue weighted by Gasteiger charge is -2.15. The molecule has 0 atom stereocenters.